The minimum atomic E-state index is -0.711. The number of hydrogen-bond donors (Lipinski definition) is 3. The molecule has 2 rings (SSSR count). The number of aryl methyl sites for hydroxylation is 1. The van der Waals surface area contributed by atoms with E-state index >= 15 is 0 Å². The molecule has 2 aromatic rings. The van der Waals surface area contributed by atoms with E-state index in [4.69, 9.17) is 0 Å². The van der Waals surface area contributed by atoms with Crippen LogP contribution in [0.4, 0.5) is 0 Å². The quantitative estimate of drug-likeness (QED) is 0.729. The van der Waals surface area contributed by atoms with E-state index in [2.05, 4.69) is 17.4 Å². The van der Waals surface area contributed by atoms with Crippen molar-refractivity contribution in [3.63, 3.8) is 0 Å². The van der Waals surface area contributed by atoms with Gasteiger partial charge >= 0.3 is 0 Å². The molecular weight excluding hydrogens is 258 g/mol. The summed E-state index contributed by atoms with van der Waals surface area (Å²) < 4.78 is 1.32. The minimum absolute atomic E-state index is 0.306. The fourth-order valence-electron chi connectivity index (χ4n) is 1.91. The predicted molar refractivity (Wildman–Crippen MR) is 76.3 cm³/mol. The number of allylic oxidation sites excluding steroid dienone is 1. The maximum atomic E-state index is 12.2. The standard InChI is InChI=1S/C14H15N3O3/c1-8(2)15-16-13(19)11-12(18)9-6-4-5-7-10(9)17(3)14(11)20/h4-7,15,18H,1H2,2-3H3,(H,16,19). The number of para-hydroxylation sites is 1. The van der Waals surface area contributed by atoms with Crippen molar-refractivity contribution in [3.05, 3.63) is 52.5 Å². The minimum Gasteiger partial charge on any atom is -0.506 e. The Morgan fingerprint density at radius 3 is 2.60 bits per heavy atom. The van der Waals surface area contributed by atoms with Gasteiger partial charge in [-0.05, 0) is 19.1 Å². The first-order chi connectivity index (χ1) is 9.43. The number of hydrogen-bond acceptors (Lipinski definition) is 4. The van der Waals surface area contributed by atoms with Crippen LogP contribution in [0.15, 0.2) is 41.3 Å². The molecule has 6 heteroatoms. The lowest BCUT2D eigenvalue weighted by atomic mass is 10.1. The van der Waals surface area contributed by atoms with Crippen molar-refractivity contribution in [2.24, 2.45) is 7.05 Å². The lowest BCUT2D eigenvalue weighted by Crippen LogP contribution is -2.39. The zero-order valence-electron chi connectivity index (χ0n) is 11.2. The third-order valence-corrected chi connectivity index (χ3v) is 2.89. The molecule has 6 nitrogen and oxygen atoms in total. The van der Waals surface area contributed by atoms with Gasteiger partial charge in [0.2, 0.25) is 0 Å². The number of nitrogens with one attached hydrogen (secondary N) is 2. The van der Waals surface area contributed by atoms with Crippen LogP contribution >= 0.6 is 0 Å². The van der Waals surface area contributed by atoms with Crippen LogP contribution in [-0.2, 0) is 7.05 Å². The Labute approximate surface area is 115 Å². The van der Waals surface area contributed by atoms with E-state index in [0.29, 0.717) is 16.6 Å². The van der Waals surface area contributed by atoms with Gasteiger partial charge in [0.25, 0.3) is 11.5 Å². The molecule has 1 aromatic heterocycles. The van der Waals surface area contributed by atoms with Crippen LogP contribution < -0.4 is 16.4 Å². The molecule has 104 valence electrons. The van der Waals surface area contributed by atoms with Crippen LogP contribution in [0.5, 0.6) is 5.75 Å². The summed E-state index contributed by atoms with van der Waals surface area (Å²) in [6.45, 7) is 5.21. The topological polar surface area (TPSA) is 83.4 Å². The van der Waals surface area contributed by atoms with Gasteiger partial charge in [0.05, 0.1) is 5.52 Å². The molecule has 0 bridgehead atoms. The average molecular weight is 273 g/mol. The fourth-order valence-corrected chi connectivity index (χ4v) is 1.91. The zero-order valence-corrected chi connectivity index (χ0v) is 11.2. The monoisotopic (exact) mass is 273 g/mol. The molecule has 0 unspecified atom stereocenters. The summed E-state index contributed by atoms with van der Waals surface area (Å²) in [5.74, 6) is -1.04. The lowest BCUT2D eigenvalue weighted by molar-refractivity contribution is 0.0934. The Balaban J connectivity index is 2.62. The second-order valence-corrected chi connectivity index (χ2v) is 4.46. The van der Waals surface area contributed by atoms with Crippen LogP contribution in [0.25, 0.3) is 10.9 Å². The summed E-state index contributed by atoms with van der Waals surface area (Å²) in [4.78, 5) is 24.2. The number of fused-ring (bicyclic) bond motifs is 1. The van der Waals surface area contributed by atoms with Gasteiger partial charge < -0.3 is 15.1 Å². The molecule has 1 heterocycles. The Hall–Kier alpha value is -2.76. The number of amides is 1. The number of rotatable bonds is 3. The number of carbonyl (C=O) groups is 1. The number of aromatic nitrogens is 1. The molecule has 0 radical (unpaired) electrons. The maximum absolute atomic E-state index is 12.2. The first-order valence-electron chi connectivity index (χ1n) is 5.96. The Morgan fingerprint density at radius 1 is 1.30 bits per heavy atom. The van der Waals surface area contributed by atoms with Gasteiger partial charge in [0.15, 0.2) is 0 Å². The fraction of sp³-hybridized carbons (Fsp3) is 0.143. The van der Waals surface area contributed by atoms with Gasteiger partial charge in [-0.1, -0.05) is 18.7 Å². The van der Waals surface area contributed by atoms with Crippen LogP contribution in [-0.4, -0.2) is 15.6 Å². The Morgan fingerprint density at radius 2 is 1.95 bits per heavy atom. The first-order valence-corrected chi connectivity index (χ1v) is 5.96. The van der Waals surface area contributed by atoms with E-state index < -0.39 is 11.5 Å². The largest absolute Gasteiger partial charge is 0.506 e. The molecule has 0 aliphatic carbocycles. The normalized spacial score (nSPS) is 10.3. The van der Waals surface area contributed by atoms with Crippen molar-refractivity contribution in [1.82, 2.24) is 15.4 Å². The van der Waals surface area contributed by atoms with Gasteiger partial charge in [-0.25, -0.2) is 0 Å². The molecule has 0 atom stereocenters. The molecule has 20 heavy (non-hydrogen) atoms. The Kier molecular flexibility index (Phi) is 3.47. The van der Waals surface area contributed by atoms with Crippen molar-refractivity contribution >= 4 is 16.8 Å². The first kappa shape index (κ1) is 13.7. The number of hydrazine groups is 1. The third kappa shape index (κ3) is 2.23. The summed E-state index contributed by atoms with van der Waals surface area (Å²) in [7, 11) is 1.55. The van der Waals surface area contributed by atoms with Crippen molar-refractivity contribution in [2.45, 2.75) is 6.92 Å². The molecule has 1 aromatic carbocycles. The molecule has 3 N–H and O–H groups in total. The van der Waals surface area contributed by atoms with E-state index in [1.165, 1.54) is 4.57 Å². The lowest BCUT2D eigenvalue weighted by Gasteiger charge is -2.12. The van der Waals surface area contributed by atoms with E-state index in [1.807, 2.05) is 0 Å². The highest BCUT2D eigenvalue weighted by atomic mass is 16.3. The van der Waals surface area contributed by atoms with Crippen molar-refractivity contribution in [1.29, 1.82) is 0 Å². The van der Waals surface area contributed by atoms with Gasteiger partial charge in [-0.3, -0.25) is 15.0 Å². The van der Waals surface area contributed by atoms with E-state index in [0.717, 1.165) is 0 Å². The molecule has 0 aliphatic rings. The van der Waals surface area contributed by atoms with Crippen molar-refractivity contribution in [3.8, 4) is 5.75 Å². The molecular formula is C14H15N3O3. The zero-order chi connectivity index (χ0) is 14.9. The highest BCUT2D eigenvalue weighted by molar-refractivity contribution is 6.02. The van der Waals surface area contributed by atoms with E-state index in [9.17, 15) is 14.7 Å². The number of nitrogens with zero attached hydrogens (tertiary/aromatic N) is 1. The highest BCUT2D eigenvalue weighted by Gasteiger charge is 2.20. The van der Waals surface area contributed by atoms with Gasteiger partial charge in [-0.15, -0.1) is 0 Å². The Bertz CT molecular complexity index is 762. The summed E-state index contributed by atoms with van der Waals surface area (Å²) >= 11 is 0. The van der Waals surface area contributed by atoms with Crippen LogP contribution in [0, 0.1) is 0 Å². The summed E-state index contributed by atoms with van der Waals surface area (Å²) in [6.07, 6.45) is 0. The molecule has 0 aliphatic heterocycles. The molecule has 1 amide bonds. The SMILES string of the molecule is C=C(C)NNC(=O)c1c(O)c2ccccc2n(C)c1=O. The molecule has 0 saturated carbocycles. The molecule has 0 spiro atoms. The van der Waals surface area contributed by atoms with Crippen molar-refractivity contribution < 1.29 is 9.90 Å². The molecule has 0 saturated heterocycles. The van der Waals surface area contributed by atoms with E-state index in [-0.39, 0.29) is 11.3 Å². The summed E-state index contributed by atoms with van der Waals surface area (Å²) in [6, 6.07) is 6.82. The van der Waals surface area contributed by atoms with Gasteiger partial charge in [0.1, 0.15) is 11.3 Å². The van der Waals surface area contributed by atoms with Gasteiger partial charge in [0, 0.05) is 18.1 Å². The van der Waals surface area contributed by atoms with E-state index in [1.54, 1.807) is 38.2 Å². The average Bonchev–Trinajstić information content (AvgIpc) is 2.43. The van der Waals surface area contributed by atoms with Crippen LogP contribution in [0.2, 0.25) is 0 Å². The highest BCUT2D eigenvalue weighted by Crippen LogP contribution is 2.25. The number of aromatic hydroxyl groups is 1. The predicted octanol–water partition coefficient (Wildman–Crippen LogP) is 1.01. The van der Waals surface area contributed by atoms with Crippen LogP contribution in [0.3, 0.4) is 0 Å². The summed E-state index contributed by atoms with van der Waals surface area (Å²) in [5.41, 5.74) is 5.01. The summed E-state index contributed by atoms with van der Waals surface area (Å²) in [5, 5.41) is 10.6. The second-order valence-electron chi connectivity index (χ2n) is 4.46. The number of benzene rings is 1. The van der Waals surface area contributed by atoms with Gasteiger partial charge in [-0.2, -0.15) is 0 Å². The number of pyridine rings is 1. The van der Waals surface area contributed by atoms with Crippen LogP contribution in [0.1, 0.15) is 17.3 Å². The number of carbonyl (C=O) groups excluding carboxylic acids is 1. The second kappa shape index (κ2) is 5.08. The van der Waals surface area contributed by atoms with Crippen molar-refractivity contribution in [2.75, 3.05) is 0 Å². The third-order valence-electron chi connectivity index (χ3n) is 2.89. The maximum Gasteiger partial charge on any atom is 0.279 e. The molecule has 0 fully saturated rings. The smallest absolute Gasteiger partial charge is 0.279 e.